The van der Waals surface area contributed by atoms with Gasteiger partial charge in [0.15, 0.2) is 0 Å². The van der Waals surface area contributed by atoms with Crippen molar-refractivity contribution in [3.8, 4) is 0 Å². The van der Waals surface area contributed by atoms with Gasteiger partial charge in [-0.25, -0.2) is 14.4 Å². The quantitative estimate of drug-likeness (QED) is 0.838. The monoisotopic (exact) mass is 217 g/mol. The predicted octanol–water partition coefficient (Wildman–Crippen LogP) is 2.10. The molecule has 0 unspecified atom stereocenters. The molecule has 0 aliphatic carbocycles. The van der Waals surface area contributed by atoms with E-state index in [-0.39, 0.29) is 11.8 Å². The van der Waals surface area contributed by atoms with Crippen molar-refractivity contribution in [2.45, 2.75) is 13.3 Å². The van der Waals surface area contributed by atoms with Crippen LogP contribution in [-0.4, -0.2) is 9.97 Å². The second kappa shape index (κ2) is 4.26. The number of nitrogens with two attached hydrogens (primary N) is 1. The van der Waals surface area contributed by atoms with Gasteiger partial charge in [-0.2, -0.15) is 0 Å². The van der Waals surface area contributed by atoms with Gasteiger partial charge >= 0.3 is 0 Å². The zero-order valence-electron chi connectivity index (χ0n) is 8.94. The van der Waals surface area contributed by atoms with Gasteiger partial charge in [-0.3, -0.25) is 0 Å². The molecule has 0 saturated carbocycles. The molecule has 3 nitrogen and oxygen atoms in total. The van der Waals surface area contributed by atoms with Gasteiger partial charge in [0.1, 0.15) is 5.82 Å². The van der Waals surface area contributed by atoms with Crippen LogP contribution in [0.2, 0.25) is 0 Å². The van der Waals surface area contributed by atoms with Gasteiger partial charge in [-0.15, -0.1) is 0 Å². The van der Waals surface area contributed by atoms with Crippen molar-refractivity contribution in [3.05, 3.63) is 53.1 Å². The van der Waals surface area contributed by atoms with Crippen LogP contribution < -0.4 is 5.73 Å². The van der Waals surface area contributed by atoms with Gasteiger partial charge in [0.25, 0.3) is 0 Å². The lowest BCUT2D eigenvalue weighted by atomic mass is 10.1. The lowest BCUT2D eigenvalue weighted by Gasteiger charge is -2.05. The fraction of sp³-hybridized carbons (Fsp3) is 0.167. The van der Waals surface area contributed by atoms with E-state index in [1.54, 1.807) is 18.3 Å². The van der Waals surface area contributed by atoms with E-state index in [9.17, 15) is 4.39 Å². The van der Waals surface area contributed by atoms with Crippen LogP contribution in [0.1, 0.15) is 16.8 Å². The van der Waals surface area contributed by atoms with Crippen LogP contribution in [0.4, 0.5) is 10.3 Å². The van der Waals surface area contributed by atoms with Crippen LogP contribution in [0.5, 0.6) is 0 Å². The van der Waals surface area contributed by atoms with Crippen LogP contribution in [-0.2, 0) is 6.42 Å². The number of hydrogen-bond donors (Lipinski definition) is 1. The van der Waals surface area contributed by atoms with E-state index >= 15 is 0 Å². The van der Waals surface area contributed by atoms with E-state index in [1.807, 2.05) is 6.92 Å². The maximum Gasteiger partial charge on any atom is 0.220 e. The Labute approximate surface area is 93.2 Å². The Kier molecular flexibility index (Phi) is 2.81. The number of nitrogens with zero attached hydrogens (tertiary/aromatic N) is 2. The number of benzene rings is 1. The summed E-state index contributed by atoms with van der Waals surface area (Å²) >= 11 is 0. The Morgan fingerprint density at radius 3 is 2.56 bits per heavy atom. The van der Waals surface area contributed by atoms with Crippen LogP contribution in [0, 0.1) is 12.7 Å². The van der Waals surface area contributed by atoms with Crippen molar-refractivity contribution >= 4 is 5.95 Å². The predicted molar refractivity (Wildman–Crippen MR) is 60.4 cm³/mol. The molecule has 0 aliphatic rings. The van der Waals surface area contributed by atoms with Gasteiger partial charge in [0, 0.05) is 18.3 Å². The summed E-state index contributed by atoms with van der Waals surface area (Å²) in [5.41, 5.74) is 8.35. The average molecular weight is 217 g/mol. The van der Waals surface area contributed by atoms with Gasteiger partial charge in [0.05, 0.1) is 0 Å². The smallest absolute Gasteiger partial charge is 0.220 e. The van der Waals surface area contributed by atoms with Crippen molar-refractivity contribution in [2.24, 2.45) is 0 Å². The third kappa shape index (κ3) is 2.34. The molecule has 16 heavy (non-hydrogen) atoms. The number of aromatic nitrogens is 2. The summed E-state index contributed by atoms with van der Waals surface area (Å²) in [5, 5.41) is 0. The summed E-state index contributed by atoms with van der Waals surface area (Å²) < 4.78 is 12.7. The first-order chi connectivity index (χ1) is 7.65. The highest BCUT2D eigenvalue weighted by Crippen LogP contribution is 2.12. The van der Waals surface area contributed by atoms with E-state index in [4.69, 9.17) is 5.73 Å². The van der Waals surface area contributed by atoms with Gasteiger partial charge < -0.3 is 5.73 Å². The molecule has 2 rings (SSSR count). The molecule has 2 N–H and O–H groups in total. The van der Waals surface area contributed by atoms with Crippen molar-refractivity contribution in [1.29, 1.82) is 0 Å². The largest absolute Gasteiger partial charge is 0.368 e. The molecule has 0 amide bonds. The zero-order valence-corrected chi connectivity index (χ0v) is 8.94. The van der Waals surface area contributed by atoms with Crippen LogP contribution in [0.25, 0.3) is 0 Å². The number of nitrogen functional groups attached to an aromatic ring is 1. The molecular weight excluding hydrogens is 205 g/mol. The minimum atomic E-state index is -0.228. The molecule has 0 aliphatic heterocycles. The first-order valence-corrected chi connectivity index (χ1v) is 4.97. The number of aryl methyl sites for hydroxylation is 1. The van der Waals surface area contributed by atoms with Gasteiger partial charge in [-0.1, -0.05) is 12.1 Å². The zero-order chi connectivity index (χ0) is 11.5. The summed E-state index contributed by atoms with van der Waals surface area (Å²) in [6.07, 6.45) is 2.40. The fourth-order valence-electron chi connectivity index (χ4n) is 1.51. The maximum absolute atomic E-state index is 12.7. The standard InChI is InChI=1S/C12H12FN3/c1-8-10(7-15-12(14)16-8)6-9-2-4-11(13)5-3-9/h2-5,7H,6H2,1H3,(H2,14,15,16). The molecule has 1 heterocycles. The Bertz CT molecular complexity index is 494. The Hall–Kier alpha value is -1.97. The first-order valence-electron chi connectivity index (χ1n) is 4.97. The van der Waals surface area contributed by atoms with Crippen molar-refractivity contribution < 1.29 is 4.39 Å². The second-order valence-electron chi connectivity index (χ2n) is 3.64. The van der Waals surface area contributed by atoms with Crippen LogP contribution in [0.3, 0.4) is 0 Å². The fourth-order valence-corrected chi connectivity index (χ4v) is 1.51. The molecule has 4 heteroatoms. The summed E-state index contributed by atoms with van der Waals surface area (Å²) in [4.78, 5) is 8.03. The molecule has 0 spiro atoms. The molecule has 0 radical (unpaired) electrons. The Balaban J connectivity index is 2.23. The summed E-state index contributed by atoms with van der Waals surface area (Å²) in [6.45, 7) is 1.89. The molecule has 0 atom stereocenters. The Morgan fingerprint density at radius 2 is 1.94 bits per heavy atom. The number of anilines is 1. The number of rotatable bonds is 2. The highest BCUT2D eigenvalue weighted by atomic mass is 19.1. The van der Waals surface area contributed by atoms with E-state index in [1.165, 1.54) is 12.1 Å². The van der Waals surface area contributed by atoms with Crippen molar-refractivity contribution in [1.82, 2.24) is 9.97 Å². The van der Waals surface area contributed by atoms with Gasteiger partial charge in [-0.05, 0) is 30.2 Å². The summed E-state index contributed by atoms with van der Waals surface area (Å²) in [5.74, 6) is 0.0504. The molecule has 1 aromatic heterocycles. The lowest BCUT2D eigenvalue weighted by Crippen LogP contribution is -2.01. The Morgan fingerprint density at radius 1 is 1.25 bits per heavy atom. The minimum Gasteiger partial charge on any atom is -0.368 e. The third-order valence-corrected chi connectivity index (χ3v) is 2.41. The maximum atomic E-state index is 12.7. The highest BCUT2D eigenvalue weighted by Gasteiger charge is 2.03. The second-order valence-corrected chi connectivity index (χ2v) is 3.64. The highest BCUT2D eigenvalue weighted by molar-refractivity contribution is 5.30. The molecular formula is C12H12FN3. The molecule has 0 bridgehead atoms. The summed E-state index contributed by atoms with van der Waals surface area (Å²) in [6, 6.07) is 6.40. The normalized spacial score (nSPS) is 10.4. The van der Waals surface area contributed by atoms with Crippen LogP contribution in [0.15, 0.2) is 30.5 Å². The van der Waals surface area contributed by atoms with E-state index < -0.39 is 0 Å². The first kappa shape index (κ1) is 10.5. The molecule has 0 fully saturated rings. The molecule has 82 valence electrons. The van der Waals surface area contributed by atoms with E-state index in [0.29, 0.717) is 6.42 Å². The van der Waals surface area contributed by atoms with Crippen LogP contribution >= 0.6 is 0 Å². The molecule has 1 aromatic carbocycles. The van der Waals surface area contributed by atoms with Crippen molar-refractivity contribution in [3.63, 3.8) is 0 Å². The average Bonchev–Trinajstić information content (AvgIpc) is 2.25. The van der Waals surface area contributed by atoms with E-state index in [2.05, 4.69) is 9.97 Å². The minimum absolute atomic E-state index is 0.228. The summed E-state index contributed by atoms with van der Waals surface area (Å²) in [7, 11) is 0. The van der Waals surface area contributed by atoms with E-state index in [0.717, 1.165) is 16.8 Å². The number of halogens is 1. The molecule has 0 saturated heterocycles. The topological polar surface area (TPSA) is 51.8 Å². The lowest BCUT2D eigenvalue weighted by molar-refractivity contribution is 0.627. The SMILES string of the molecule is Cc1nc(N)ncc1Cc1ccc(F)cc1. The van der Waals surface area contributed by atoms with Gasteiger partial charge in [0.2, 0.25) is 5.95 Å². The third-order valence-electron chi connectivity index (χ3n) is 2.41. The van der Waals surface area contributed by atoms with Crippen molar-refractivity contribution in [2.75, 3.05) is 5.73 Å². The molecule has 2 aromatic rings. The number of hydrogen-bond acceptors (Lipinski definition) is 3.